The third-order valence-electron chi connectivity index (χ3n) is 4.18. The molecule has 0 N–H and O–H groups in total. The van der Waals surface area contributed by atoms with Crippen LogP contribution in [-0.4, -0.2) is 40.2 Å². The second-order valence-electron chi connectivity index (χ2n) is 5.79. The van der Waals surface area contributed by atoms with Crippen molar-refractivity contribution in [1.82, 2.24) is 15.1 Å². The fourth-order valence-electron chi connectivity index (χ4n) is 2.90. The van der Waals surface area contributed by atoms with Crippen LogP contribution in [-0.2, 0) is 0 Å². The number of nitrogens with zero attached hydrogens (tertiary/aromatic N) is 3. The smallest absolute Gasteiger partial charge is 0.294 e. The highest BCUT2D eigenvalue weighted by Gasteiger charge is 2.27. The first-order valence-corrected chi connectivity index (χ1v) is 8.83. The molecule has 1 amide bonds. The van der Waals surface area contributed by atoms with Gasteiger partial charge in [-0.05, 0) is 12.1 Å². The predicted octanol–water partition coefficient (Wildman–Crippen LogP) is 2.33. The predicted molar refractivity (Wildman–Crippen MR) is 91.9 cm³/mol. The molecule has 1 aromatic carbocycles. The molecule has 2 aromatic heterocycles. The SMILES string of the molecule is O=C(c1cc(=O)c2ccccc2o1)N1CCC(Oc2nncs2)CC1. The highest BCUT2D eigenvalue weighted by Crippen LogP contribution is 2.21. The number of fused-ring (bicyclic) bond motifs is 1. The number of likely N-dealkylation sites (tertiary alicyclic amines) is 1. The van der Waals surface area contributed by atoms with Gasteiger partial charge in [-0.15, -0.1) is 10.2 Å². The minimum Gasteiger partial charge on any atom is -0.465 e. The average molecular weight is 357 g/mol. The Hall–Kier alpha value is -2.74. The van der Waals surface area contributed by atoms with Crippen LogP contribution in [0, 0.1) is 0 Å². The lowest BCUT2D eigenvalue weighted by molar-refractivity contribution is 0.0565. The molecule has 0 unspecified atom stereocenters. The van der Waals surface area contributed by atoms with Crippen molar-refractivity contribution in [1.29, 1.82) is 0 Å². The monoisotopic (exact) mass is 357 g/mol. The van der Waals surface area contributed by atoms with E-state index < -0.39 is 0 Å². The summed E-state index contributed by atoms with van der Waals surface area (Å²) in [7, 11) is 0. The minimum absolute atomic E-state index is 0.0145. The molecule has 1 fully saturated rings. The lowest BCUT2D eigenvalue weighted by Gasteiger charge is -2.31. The van der Waals surface area contributed by atoms with E-state index in [2.05, 4.69) is 10.2 Å². The number of ether oxygens (including phenoxy) is 1. The Bertz CT molecular complexity index is 946. The van der Waals surface area contributed by atoms with Gasteiger partial charge in [0.05, 0.1) is 5.39 Å². The van der Waals surface area contributed by atoms with Gasteiger partial charge >= 0.3 is 0 Å². The minimum atomic E-state index is -0.266. The zero-order valence-corrected chi connectivity index (χ0v) is 14.1. The number of rotatable bonds is 3. The van der Waals surface area contributed by atoms with Crippen LogP contribution >= 0.6 is 11.3 Å². The molecule has 1 saturated heterocycles. The van der Waals surface area contributed by atoms with Gasteiger partial charge in [0.1, 0.15) is 17.2 Å². The summed E-state index contributed by atoms with van der Waals surface area (Å²) in [4.78, 5) is 26.5. The molecule has 8 heteroatoms. The molecular weight excluding hydrogens is 342 g/mol. The third kappa shape index (κ3) is 3.25. The van der Waals surface area contributed by atoms with E-state index in [0.29, 0.717) is 42.1 Å². The Kier molecular flexibility index (Phi) is 4.19. The first-order valence-electron chi connectivity index (χ1n) is 7.96. The summed E-state index contributed by atoms with van der Waals surface area (Å²) in [5.74, 6) is -0.190. The van der Waals surface area contributed by atoms with Gasteiger partial charge < -0.3 is 14.1 Å². The number of carbonyl (C=O) groups excluding carboxylic acids is 1. The van der Waals surface area contributed by atoms with Gasteiger partial charge in [-0.1, -0.05) is 23.5 Å². The van der Waals surface area contributed by atoms with E-state index in [4.69, 9.17) is 9.15 Å². The van der Waals surface area contributed by atoms with E-state index in [0.717, 1.165) is 0 Å². The molecule has 7 nitrogen and oxygen atoms in total. The van der Waals surface area contributed by atoms with Crippen LogP contribution in [0.2, 0.25) is 0 Å². The second kappa shape index (κ2) is 6.64. The number of aromatic nitrogens is 2. The van der Waals surface area contributed by atoms with Gasteiger partial charge in [0, 0.05) is 32.0 Å². The molecule has 0 bridgehead atoms. The van der Waals surface area contributed by atoms with Crippen LogP contribution < -0.4 is 10.2 Å². The Morgan fingerprint density at radius 3 is 2.84 bits per heavy atom. The van der Waals surface area contributed by atoms with Gasteiger partial charge in [-0.2, -0.15) is 0 Å². The number of hydrogen-bond acceptors (Lipinski definition) is 7. The summed E-state index contributed by atoms with van der Waals surface area (Å²) in [6.07, 6.45) is 1.41. The summed E-state index contributed by atoms with van der Waals surface area (Å²) in [6.45, 7) is 1.08. The molecule has 1 aliphatic heterocycles. The Labute approximate surface area is 146 Å². The van der Waals surface area contributed by atoms with Gasteiger partial charge in [-0.3, -0.25) is 9.59 Å². The van der Waals surface area contributed by atoms with Gasteiger partial charge in [0.25, 0.3) is 11.1 Å². The van der Waals surface area contributed by atoms with E-state index >= 15 is 0 Å². The van der Waals surface area contributed by atoms with E-state index in [-0.39, 0.29) is 23.2 Å². The molecule has 0 spiro atoms. The van der Waals surface area contributed by atoms with E-state index in [9.17, 15) is 9.59 Å². The topological polar surface area (TPSA) is 85.5 Å². The van der Waals surface area contributed by atoms with Gasteiger partial charge in [0.2, 0.25) is 0 Å². The fraction of sp³-hybridized carbons (Fsp3) is 0.294. The highest BCUT2D eigenvalue weighted by molar-refractivity contribution is 7.11. The zero-order chi connectivity index (χ0) is 17.2. The van der Waals surface area contributed by atoms with Crippen molar-refractivity contribution < 1.29 is 13.9 Å². The lowest BCUT2D eigenvalue weighted by atomic mass is 10.1. The van der Waals surface area contributed by atoms with Crippen LogP contribution in [0.15, 0.2) is 45.1 Å². The number of hydrogen-bond donors (Lipinski definition) is 0. The molecule has 0 radical (unpaired) electrons. The standard InChI is InChI=1S/C17H15N3O4S/c21-13-9-15(24-14-4-2-1-3-12(13)14)16(22)20-7-5-11(6-8-20)23-17-19-18-10-25-17/h1-4,9-11H,5-8H2. The van der Waals surface area contributed by atoms with Crippen molar-refractivity contribution in [2.75, 3.05) is 13.1 Å². The van der Waals surface area contributed by atoms with E-state index in [1.807, 2.05) is 0 Å². The van der Waals surface area contributed by atoms with Crippen molar-refractivity contribution in [3.8, 4) is 5.19 Å². The first kappa shape index (κ1) is 15.8. The van der Waals surface area contributed by atoms with Crippen LogP contribution in [0.1, 0.15) is 23.4 Å². The number of benzene rings is 1. The molecule has 3 aromatic rings. The van der Waals surface area contributed by atoms with E-state index in [1.54, 1.807) is 34.7 Å². The number of piperidine rings is 1. The summed E-state index contributed by atoms with van der Waals surface area (Å²) < 4.78 is 11.4. The lowest BCUT2D eigenvalue weighted by Crippen LogP contribution is -2.42. The second-order valence-corrected chi connectivity index (χ2v) is 6.58. The van der Waals surface area contributed by atoms with E-state index in [1.165, 1.54) is 17.4 Å². The molecule has 3 heterocycles. The molecule has 4 rings (SSSR count). The van der Waals surface area contributed by atoms with Crippen LogP contribution in [0.25, 0.3) is 11.0 Å². The summed E-state index contributed by atoms with van der Waals surface area (Å²) >= 11 is 1.35. The Morgan fingerprint density at radius 1 is 1.28 bits per heavy atom. The maximum Gasteiger partial charge on any atom is 0.294 e. The summed E-state index contributed by atoms with van der Waals surface area (Å²) in [6, 6.07) is 8.19. The summed E-state index contributed by atoms with van der Waals surface area (Å²) in [5, 5.41) is 8.63. The maximum atomic E-state index is 12.7. The molecule has 128 valence electrons. The summed E-state index contributed by atoms with van der Waals surface area (Å²) in [5.41, 5.74) is 1.84. The number of amides is 1. The average Bonchev–Trinajstić information content (AvgIpc) is 3.15. The molecule has 1 aliphatic rings. The zero-order valence-electron chi connectivity index (χ0n) is 13.3. The van der Waals surface area contributed by atoms with Crippen molar-refractivity contribution in [2.45, 2.75) is 18.9 Å². The normalized spacial score (nSPS) is 15.4. The number of para-hydroxylation sites is 1. The molecular formula is C17H15N3O4S. The highest BCUT2D eigenvalue weighted by atomic mass is 32.1. The van der Waals surface area contributed by atoms with Crippen molar-refractivity contribution in [2.24, 2.45) is 0 Å². The molecule has 0 aliphatic carbocycles. The van der Waals surface area contributed by atoms with Crippen LogP contribution in [0.3, 0.4) is 0 Å². The third-order valence-corrected chi connectivity index (χ3v) is 4.76. The Morgan fingerprint density at radius 2 is 2.08 bits per heavy atom. The quantitative estimate of drug-likeness (QED) is 0.715. The molecule has 0 atom stereocenters. The molecule has 25 heavy (non-hydrogen) atoms. The van der Waals surface area contributed by atoms with Crippen molar-refractivity contribution >= 4 is 28.2 Å². The van der Waals surface area contributed by atoms with Crippen molar-refractivity contribution in [3.05, 3.63) is 51.8 Å². The van der Waals surface area contributed by atoms with Crippen LogP contribution in [0.4, 0.5) is 0 Å². The van der Waals surface area contributed by atoms with Crippen molar-refractivity contribution in [3.63, 3.8) is 0 Å². The van der Waals surface area contributed by atoms with Gasteiger partial charge in [-0.25, -0.2) is 0 Å². The number of carbonyl (C=O) groups is 1. The Balaban J connectivity index is 1.46. The first-order chi connectivity index (χ1) is 12.2. The molecule has 0 saturated carbocycles. The van der Waals surface area contributed by atoms with Gasteiger partial charge in [0.15, 0.2) is 11.2 Å². The largest absolute Gasteiger partial charge is 0.465 e. The van der Waals surface area contributed by atoms with Crippen LogP contribution in [0.5, 0.6) is 5.19 Å². The maximum absolute atomic E-state index is 12.7. The fourth-order valence-corrected chi connectivity index (χ4v) is 3.37.